The lowest BCUT2D eigenvalue weighted by atomic mass is 9.81. The van der Waals surface area contributed by atoms with Crippen molar-refractivity contribution in [2.45, 2.75) is 5.92 Å². The predicted molar refractivity (Wildman–Crippen MR) is 123 cm³/mol. The van der Waals surface area contributed by atoms with E-state index in [-0.39, 0.29) is 10.3 Å². The molecule has 1 aliphatic rings. The molecule has 0 bridgehead atoms. The standard InChI is InChI=1S/C22H14BrN5OS/c23-12-7-5-11(6-8-12)17-14(9-24)19(15-10-25-16-4-2-1-3-13(15)16)26-20-18(17)21(29)28-22(30)27-20/h1-8,10,17,25H,(H3,26,27,28,29,30). The van der Waals surface area contributed by atoms with Gasteiger partial charge in [-0.2, -0.15) is 5.26 Å². The van der Waals surface area contributed by atoms with Crippen LogP contribution in [0.15, 0.2) is 69.6 Å². The van der Waals surface area contributed by atoms with Gasteiger partial charge < -0.3 is 15.3 Å². The number of para-hydroxylation sites is 1. The van der Waals surface area contributed by atoms with Gasteiger partial charge >= 0.3 is 0 Å². The smallest absolute Gasteiger partial charge is 0.258 e. The van der Waals surface area contributed by atoms with Crippen LogP contribution in [0.3, 0.4) is 0 Å². The van der Waals surface area contributed by atoms with E-state index < -0.39 is 5.92 Å². The van der Waals surface area contributed by atoms with Gasteiger partial charge in [0.25, 0.3) is 5.56 Å². The van der Waals surface area contributed by atoms with E-state index >= 15 is 0 Å². The first-order valence-electron chi connectivity index (χ1n) is 9.16. The Labute approximate surface area is 184 Å². The number of aromatic nitrogens is 3. The van der Waals surface area contributed by atoms with Crippen molar-refractivity contribution < 1.29 is 0 Å². The molecule has 0 amide bonds. The number of hydrogen-bond donors (Lipinski definition) is 4. The quantitative estimate of drug-likeness (QED) is 0.300. The lowest BCUT2D eigenvalue weighted by molar-refractivity contribution is 0.903. The fourth-order valence-corrected chi connectivity index (χ4v) is 4.41. The lowest BCUT2D eigenvalue weighted by Gasteiger charge is -2.28. The molecule has 0 saturated carbocycles. The Morgan fingerprint density at radius 2 is 1.83 bits per heavy atom. The molecule has 2 aromatic carbocycles. The number of halogens is 1. The minimum Gasteiger partial charge on any atom is -0.360 e. The van der Waals surface area contributed by atoms with Crippen molar-refractivity contribution in [3.63, 3.8) is 0 Å². The minimum absolute atomic E-state index is 0.222. The monoisotopic (exact) mass is 475 g/mol. The molecular formula is C22H14BrN5OS. The average molecular weight is 476 g/mol. The molecule has 0 fully saturated rings. The van der Waals surface area contributed by atoms with Gasteiger partial charge in [-0.15, -0.1) is 0 Å². The Bertz CT molecular complexity index is 1490. The summed E-state index contributed by atoms with van der Waals surface area (Å²) in [4.78, 5) is 21.8. The van der Waals surface area contributed by atoms with E-state index in [0.29, 0.717) is 22.7 Å². The number of benzene rings is 2. The van der Waals surface area contributed by atoms with Crippen LogP contribution in [-0.4, -0.2) is 15.0 Å². The Morgan fingerprint density at radius 3 is 2.60 bits per heavy atom. The molecule has 5 rings (SSSR count). The van der Waals surface area contributed by atoms with E-state index in [2.05, 4.69) is 42.3 Å². The summed E-state index contributed by atoms with van der Waals surface area (Å²) in [5.41, 5.74) is 3.88. The first-order valence-corrected chi connectivity index (χ1v) is 10.4. The number of allylic oxidation sites excluding steroid dienone is 1. The van der Waals surface area contributed by atoms with Crippen LogP contribution in [0.5, 0.6) is 0 Å². The molecule has 0 saturated heterocycles. The van der Waals surface area contributed by atoms with Crippen molar-refractivity contribution in [3.05, 3.63) is 96.6 Å². The summed E-state index contributed by atoms with van der Waals surface area (Å²) in [6.45, 7) is 0. The van der Waals surface area contributed by atoms with Crippen LogP contribution in [0.1, 0.15) is 22.6 Å². The second-order valence-corrected chi connectivity index (χ2v) is 8.28. The van der Waals surface area contributed by atoms with Crippen LogP contribution in [0, 0.1) is 16.1 Å². The Balaban J connectivity index is 1.84. The van der Waals surface area contributed by atoms with Gasteiger partial charge in [-0.3, -0.25) is 9.78 Å². The van der Waals surface area contributed by atoms with Gasteiger partial charge in [-0.05, 0) is 36.0 Å². The number of rotatable bonds is 2. The summed E-state index contributed by atoms with van der Waals surface area (Å²) < 4.78 is 1.14. The molecular weight excluding hydrogens is 462 g/mol. The Kier molecular flexibility index (Phi) is 4.42. The number of aromatic amines is 3. The third-order valence-corrected chi connectivity index (χ3v) is 5.99. The summed E-state index contributed by atoms with van der Waals surface area (Å²) in [5.74, 6) is -0.0467. The molecule has 6 nitrogen and oxygen atoms in total. The fraction of sp³-hybridized carbons (Fsp3) is 0.0455. The molecule has 1 aliphatic heterocycles. The highest BCUT2D eigenvalue weighted by Crippen LogP contribution is 2.43. The molecule has 4 aromatic rings. The topological polar surface area (TPSA) is 100 Å². The molecule has 0 spiro atoms. The van der Waals surface area contributed by atoms with Gasteiger partial charge in [0.15, 0.2) is 4.77 Å². The molecule has 3 heterocycles. The van der Waals surface area contributed by atoms with Crippen molar-refractivity contribution in [2.75, 3.05) is 5.32 Å². The van der Waals surface area contributed by atoms with Crippen molar-refractivity contribution in [1.29, 1.82) is 5.26 Å². The molecule has 8 heteroatoms. The lowest BCUT2D eigenvalue weighted by Crippen LogP contribution is -2.27. The van der Waals surface area contributed by atoms with Gasteiger partial charge in [0, 0.05) is 27.1 Å². The van der Waals surface area contributed by atoms with E-state index in [1.54, 1.807) is 0 Å². The zero-order valence-electron chi connectivity index (χ0n) is 15.4. The maximum atomic E-state index is 12.9. The second kappa shape index (κ2) is 7.13. The summed E-state index contributed by atoms with van der Waals surface area (Å²) >= 11 is 8.63. The number of fused-ring (bicyclic) bond motifs is 2. The molecule has 146 valence electrons. The number of H-pyrrole nitrogens is 3. The summed E-state index contributed by atoms with van der Waals surface area (Å²) in [6.07, 6.45) is 1.87. The van der Waals surface area contributed by atoms with Gasteiger partial charge in [0.1, 0.15) is 5.82 Å². The highest BCUT2D eigenvalue weighted by Gasteiger charge is 2.33. The Hall–Kier alpha value is -3.41. The van der Waals surface area contributed by atoms with Crippen LogP contribution in [-0.2, 0) is 0 Å². The number of hydrogen-bond acceptors (Lipinski definition) is 4. The highest BCUT2D eigenvalue weighted by molar-refractivity contribution is 9.10. The predicted octanol–water partition coefficient (Wildman–Crippen LogP) is 5.17. The third kappa shape index (κ3) is 2.91. The normalized spacial score (nSPS) is 15.5. The van der Waals surface area contributed by atoms with Crippen LogP contribution in [0.4, 0.5) is 5.82 Å². The largest absolute Gasteiger partial charge is 0.360 e. The summed E-state index contributed by atoms with van der Waals surface area (Å²) in [7, 11) is 0. The van der Waals surface area contributed by atoms with Crippen LogP contribution in [0.2, 0.25) is 0 Å². The Morgan fingerprint density at radius 1 is 1.07 bits per heavy atom. The number of nitrogens with zero attached hydrogens (tertiary/aromatic N) is 1. The molecule has 0 radical (unpaired) electrons. The van der Waals surface area contributed by atoms with Gasteiger partial charge in [0.05, 0.1) is 28.8 Å². The van der Waals surface area contributed by atoms with E-state index in [0.717, 1.165) is 26.5 Å². The van der Waals surface area contributed by atoms with Crippen LogP contribution in [0.25, 0.3) is 16.6 Å². The minimum atomic E-state index is -0.543. The molecule has 0 aliphatic carbocycles. The van der Waals surface area contributed by atoms with Crippen molar-refractivity contribution in [2.24, 2.45) is 0 Å². The molecule has 4 N–H and O–H groups in total. The van der Waals surface area contributed by atoms with Crippen LogP contribution < -0.4 is 10.9 Å². The van der Waals surface area contributed by atoms with Crippen molar-refractivity contribution in [3.8, 4) is 6.07 Å². The van der Waals surface area contributed by atoms with E-state index in [1.165, 1.54) is 0 Å². The van der Waals surface area contributed by atoms with Gasteiger partial charge in [0.2, 0.25) is 0 Å². The molecule has 2 aromatic heterocycles. The van der Waals surface area contributed by atoms with Gasteiger partial charge in [-0.25, -0.2) is 0 Å². The number of anilines is 1. The SMILES string of the molecule is N#CC1=C(c2c[nH]c3ccccc23)Nc2[nH]c(=S)[nH]c(=O)c2C1c1ccc(Br)cc1. The number of nitriles is 1. The number of nitrogens with one attached hydrogen (secondary N) is 4. The van der Waals surface area contributed by atoms with E-state index in [1.807, 2.05) is 54.7 Å². The first kappa shape index (κ1) is 18.6. The van der Waals surface area contributed by atoms with Crippen LogP contribution >= 0.6 is 28.1 Å². The van der Waals surface area contributed by atoms with Crippen molar-refractivity contribution in [1.82, 2.24) is 15.0 Å². The van der Waals surface area contributed by atoms with E-state index in [9.17, 15) is 10.1 Å². The second-order valence-electron chi connectivity index (χ2n) is 6.95. The zero-order chi connectivity index (χ0) is 20.8. The average Bonchev–Trinajstić information content (AvgIpc) is 3.17. The first-order chi connectivity index (χ1) is 14.6. The summed E-state index contributed by atoms with van der Waals surface area (Å²) in [5, 5.41) is 14.4. The summed E-state index contributed by atoms with van der Waals surface area (Å²) in [6, 6.07) is 17.9. The molecule has 1 atom stereocenters. The maximum absolute atomic E-state index is 12.9. The fourth-order valence-electron chi connectivity index (χ4n) is 3.95. The zero-order valence-corrected chi connectivity index (χ0v) is 17.8. The van der Waals surface area contributed by atoms with Crippen molar-refractivity contribution >= 4 is 50.6 Å². The van der Waals surface area contributed by atoms with E-state index in [4.69, 9.17) is 12.2 Å². The highest BCUT2D eigenvalue weighted by atomic mass is 79.9. The van der Waals surface area contributed by atoms with Gasteiger partial charge in [-0.1, -0.05) is 46.3 Å². The maximum Gasteiger partial charge on any atom is 0.258 e. The molecule has 1 unspecified atom stereocenters. The third-order valence-electron chi connectivity index (χ3n) is 5.26. The molecule has 30 heavy (non-hydrogen) atoms.